The van der Waals surface area contributed by atoms with Crippen LogP contribution in [0.15, 0.2) is 48.7 Å². The average Bonchev–Trinajstić information content (AvgIpc) is 3.47. The number of H-pyrrole nitrogens is 1. The highest BCUT2D eigenvalue weighted by atomic mass is 16.5. The van der Waals surface area contributed by atoms with Crippen molar-refractivity contribution < 1.29 is 14.4 Å². The van der Waals surface area contributed by atoms with Gasteiger partial charge in [-0.05, 0) is 35.2 Å². The molecule has 3 aromatic rings. The molecule has 0 saturated carbocycles. The van der Waals surface area contributed by atoms with Gasteiger partial charge in [0.25, 0.3) is 0 Å². The lowest BCUT2D eigenvalue weighted by Gasteiger charge is -2.19. The Bertz CT molecular complexity index is 1020. The Morgan fingerprint density at radius 2 is 2.00 bits per heavy atom. The number of aromatic amines is 1. The molecule has 1 aromatic heterocycles. The highest BCUT2D eigenvalue weighted by Crippen LogP contribution is 2.35. The second kappa shape index (κ2) is 10.0. The van der Waals surface area contributed by atoms with Crippen LogP contribution in [0, 0.1) is 0 Å². The molecule has 2 aromatic carbocycles. The first kappa shape index (κ1) is 21.4. The van der Waals surface area contributed by atoms with Crippen molar-refractivity contribution in [3.05, 3.63) is 65.4 Å². The molecule has 1 saturated heterocycles. The van der Waals surface area contributed by atoms with Crippen molar-refractivity contribution in [2.24, 2.45) is 0 Å². The highest BCUT2D eigenvalue weighted by Gasteiger charge is 2.23. The van der Waals surface area contributed by atoms with Crippen LogP contribution in [0.3, 0.4) is 0 Å². The zero-order chi connectivity index (χ0) is 21.6. The number of para-hydroxylation sites is 1. The summed E-state index contributed by atoms with van der Waals surface area (Å²) in [6, 6.07) is 14.5. The number of quaternary nitrogens is 1. The molecule has 31 heavy (non-hydrogen) atoms. The molecule has 4 rings (SSSR count). The summed E-state index contributed by atoms with van der Waals surface area (Å²) in [5.41, 5.74) is 4.73. The molecule has 5 heteroatoms. The third kappa shape index (κ3) is 4.93. The first-order chi connectivity index (χ1) is 15.2. The number of carbonyl (C=O) groups is 1. The maximum atomic E-state index is 12.9. The van der Waals surface area contributed by atoms with Crippen LogP contribution in [-0.2, 0) is 11.2 Å². The lowest BCUT2D eigenvalue weighted by Crippen LogP contribution is -3.10. The van der Waals surface area contributed by atoms with Crippen molar-refractivity contribution in [2.45, 2.75) is 38.5 Å². The Balaban J connectivity index is 1.58. The first-order valence-corrected chi connectivity index (χ1v) is 11.5. The fraction of sp³-hybridized carbons (Fsp3) is 0.423. The molecule has 5 nitrogen and oxygen atoms in total. The van der Waals surface area contributed by atoms with Crippen LogP contribution in [0.1, 0.15) is 48.8 Å². The van der Waals surface area contributed by atoms with Gasteiger partial charge in [0.15, 0.2) is 0 Å². The second-order valence-corrected chi connectivity index (χ2v) is 8.53. The molecular formula is C26H34N3O2+. The molecule has 0 aliphatic carbocycles. The number of carbonyl (C=O) groups excluding carboxylic acids is 1. The molecule has 0 unspecified atom stereocenters. The molecule has 1 aliphatic rings. The lowest BCUT2D eigenvalue weighted by molar-refractivity contribution is -0.886. The number of nitrogens with one attached hydrogen (secondary N) is 3. The number of hydrogen-bond donors (Lipinski definition) is 3. The fourth-order valence-electron chi connectivity index (χ4n) is 4.85. The van der Waals surface area contributed by atoms with Crippen molar-refractivity contribution >= 4 is 16.8 Å². The summed E-state index contributed by atoms with van der Waals surface area (Å²) in [5, 5.41) is 4.37. The van der Waals surface area contributed by atoms with Gasteiger partial charge in [0.1, 0.15) is 5.75 Å². The summed E-state index contributed by atoms with van der Waals surface area (Å²) in [6.07, 6.45) is 6.09. The van der Waals surface area contributed by atoms with Gasteiger partial charge < -0.3 is 19.9 Å². The predicted octanol–water partition coefficient (Wildman–Crippen LogP) is 3.06. The predicted molar refractivity (Wildman–Crippen MR) is 125 cm³/mol. The minimum atomic E-state index is -0.0323. The largest absolute Gasteiger partial charge is 0.497 e. The van der Waals surface area contributed by atoms with Crippen LogP contribution in [0.2, 0.25) is 0 Å². The molecule has 0 bridgehead atoms. The van der Waals surface area contributed by atoms with Gasteiger partial charge in [-0.2, -0.15) is 0 Å². The average molecular weight is 421 g/mol. The van der Waals surface area contributed by atoms with Crippen LogP contribution >= 0.6 is 0 Å². The van der Waals surface area contributed by atoms with Gasteiger partial charge in [0, 0.05) is 42.3 Å². The van der Waals surface area contributed by atoms with Crippen LogP contribution in [0.25, 0.3) is 10.9 Å². The minimum Gasteiger partial charge on any atom is -0.497 e. The SMILES string of the molecule is CCc1cccc2c([C@H](CC(=O)NCC[NH+]3CCCC3)c3cccc(OC)c3)c[nH]c12. The number of aromatic nitrogens is 1. The van der Waals surface area contributed by atoms with Gasteiger partial charge in [0.2, 0.25) is 5.91 Å². The fourth-order valence-corrected chi connectivity index (χ4v) is 4.85. The van der Waals surface area contributed by atoms with Crippen molar-refractivity contribution in [1.82, 2.24) is 10.3 Å². The molecule has 0 spiro atoms. The first-order valence-electron chi connectivity index (χ1n) is 11.5. The maximum absolute atomic E-state index is 12.9. The second-order valence-electron chi connectivity index (χ2n) is 8.53. The quantitative estimate of drug-likeness (QED) is 0.498. The van der Waals surface area contributed by atoms with Gasteiger partial charge in [0.05, 0.1) is 33.3 Å². The Morgan fingerprint density at radius 1 is 1.19 bits per heavy atom. The van der Waals surface area contributed by atoms with Gasteiger partial charge >= 0.3 is 0 Å². The Kier molecular flexibility index (Phi) is 6.92. The molecule has 1 amide bonds. The van der Waals surface area contributed by atoms with E-state index in [1.165, 1.54) is 48.0 Å². The van der Waals surface area contributed by atoms with E-state index in [1.54, 1.807) is 12.0 Å². The van der Waals surface area contributed by atoms with Gasteiger partial charge in [-0.15, -0.1) is 0 Å². The topological polar surface area (TPSA) is 58.6 Å². The summed E-state index contributed by atoms with van der Waals surface area (Å²) in [4.78, 5) is 18.0. The normalized spacial score (nSPS) is 15.3. The van der Waals surface area contributed by atoms with Crippen molar-refractivity contribution in [3.8, 4) is 5.75 Å². The molecule has 2 heterocycles. The zero-order valence-electron chi connectivity index (χ0n) is 18.7. The molecule has 164 valence electrons. The molecular weight excluding hydrogens is 386 g/mol. The number of methoxy groups -OCH3 is 1. The molecule has 0 radical (unpaired) electrons. The van der Waals surface area contributed by atoms with E-state index in [0.29, 0.717) is 6.42 Å². The number of likely N-dealkylation sites (tertiary alicyclic amines) is 1. The number of rotatable bonds is 9. The number of aryl methyl sites for hydroxylation is 1. The van der Waals surface area contributed by atoms with Crippen LogP contribution in [0.5, 0.6) is 5.75 Å². The molecule has 1 aliphatic heterocycles. The number of ether oxygens (including phenoxy) is 1. The molecule has 3 N–H and O–H groups in total. The summed E-state index contributed by atoms with van der Waals surface area (Å²) in [5.74, 6) is 0.886. The molecule has 1 fully saturated rings. The smallest absolute Gasteiger partial charge is 0.221 e. The molecule has 1 atom stereocenters. The van der Waals surface area contributed by atoms with E-state index in [-0.39, 0.29) is 11.8 Å². The van der Waals surface area contributed by atoms with Gasteiger partial charge in [-0.1, -0.05) is 37.3 Å². The Morgan fingerprint density at radius 3 is 2.77 bits per heavy atom. The highest BCUT2D eigenvalue weighted by molar-refractivity contribution is 5.88. The van der Waals surface area contributed by atoms with Crippen molar-refractivity contribution in [3.63, 3.8) is 0 Å². The van der Waals surface area contributed by atoms with Gasteiger partial charge in [-0.3, -0.25) is 4.79 Å². The third-order valence-corrected chi connectivity index (χ3v) is 6.59. The van der Waals surface area contributed by atoms with E-state index in [9.17, 15) is 4.79 Å². The minimum absolute atomic E-state index is 0.0323. The van der Waals surface area contributed by atoms with Crippen molar-refractivity contribution in [2.75, 3.05) is 33.3 Å². The van der Waals surface area contributed by atoms with E-state index in [2.05, 4.69) is 53.8 Å². The monoisotopic (exact) mass is 420 g/mol. The summed E-state index contributed by atoms with van der Waals surface area (Å²) >= 11 is 0. The van der Waals surface area contributed by atoms with E-state index in [0.717, 1.165) is 30.8 Å². The van der Waals surface area contributed by atoms with Crippen molar-refractivity contribution in [1.29, 1.82) is 0 Å². The van der Waals surface area contributed by atoms with Crippen LogP contribution < -0.4 is 15.0 Å². The number of amides is 1. The summed E-state index contributed by atoms with van der Waals surface area (Å²) < 4.78 is 5.46. The van der Waals surface area contributed by atoms with E-state index >= 15 is 0 Å². The summed E-state index contributed by atoms with van der Waals surface area (Å²) in [6.45, 7) is 6.40. The van der Waals surface area contributed by atoms with E-state index in [4.69, 9.17) is 4.74 Å². The number of fused-ring (bicyclic) bond motifs is 1. The van der Waals surface area contributed by atoms with E-state index in [1.807, 2.05) is 12.1 Å². The van der Waals surface area contributed by atoms with Gasteiger partial charge in [-0.25, -0.2) is 0 Å². The number of benzene rings is 2. The zero-order valence-corrected chi connectivity index (χ0v) is 18.7. The number of hydrogen-bond acceptors (Lipinski definition) is 2. The van der Waals surface area contributed by atoms with E-state index < -0.39 is 0 Å². The maximum Gasteiger partial charge on any atom is 0.221 e. The Hall–Kier alpha value is -2.79. The lowest BCUT2D eigenvalue weighted by atomic mass is 9.87. The summed E-state index contributed by atoms with van der Waals surface area (Å²) in [7, 11) is 1.68. The standard InChI is InChI=1S/C26H33N3O2/c1-3-19-8-7-11-22-24(18-28-26(19)22)23(20-9-6-10-21(16-20)31-2)17-25(30)27-12-15-29-13-4-5-14-29/h6-11,16,18,23,28H,3-5,12-15,17H2,1-2H3,(H,27,30)/p+1/t23-/m1/s1. The Labute approximate surface area is 184 Å². The third-order valence-electron chi connectivity index (χ3n) is 6.59. The van der Waals surface area contributed by atoms with Crippen LogP contribution in [-0.4, -0.2) is 44.2 Å². The van der Waals surface area contributed by atoms with Crippen LogP contribution in [0.4, 0.5) is 0 Å².